The van der Waals surface area contributed by atoms with Gasteiger partial charge in [-0.25, -0.2) is 0 Å². The van der Waals surface area contributed by atoms with Gasteiger partial charge in [-0.3, -0.25) is 14.5 Å². The SMILES string of the molecule is COCCNC(=O)CN1CCN(C(=O)C2(N)CCCCC2)CC1.Cl.Cl. The molecule has 1 saturated heterocycles. The molecule has 1 saturated carbocycles. The number of carbonyl (C=O) groups excluding carboxylic acids is 2. The van der Waals surface area contributed by atoms with E-state index >= 15 is 0 Å². The molecule has 1 heterocycles. The average Bonchev–Trinajstić information content (AvgIpc) is 2.56. The van der Waals surface area contributed by atoms with Crippen molar-refractivity contribution >= 4 is 36.6 Å². The maximum absolute atomic E-state index is 12.7. The quantitative estimate of drug-likeness (QED) is 0.632. The molecule has 1 aliphatic carbocycles. The molecule has 0 radical (unpaired) electrons. The number of hydrogen-bond acceptors (Lipinski definition) is 5. The number of carbonyl (C=O) groups is 2. The van der Waals surface area contributed by atoms with E-state index in [2.05, 4.69) is 10.2 Å². The van der Waals surface area contributed by atoms with E-state index in [1.54, 1.807) is 7.11 Å². The summed E-state index contributed by atoms with van der Waals surface area (Å²) in [4.78, 5) is 28.4. The minimum Gasteiger partial charge on any atom is -0.383 e. The lowest BCUT2D eigenvalue weighted by molar-refractivity contribution is -0.140. The van der Waals surface area contributed by atoms with E-state index in [0.29, 0.717) is 32.8 Å². The molecule has 0 aromatic heterocycles. The predicted octanol–water partition coefficient (Wildman–Crippen LogP) is 0.398. The predicted molar refractivity (Wildman–Crippen MR) is 102 cm³/mol. The molecule has 148 valence electrons. The Bertz CT molecular complexity index is 412. The third-order valence-electron chi connectivity index (χ3n) is 4.83. The number of nitrogens with two attached hydrogens (primary N) is 1. The highest BCUT2D eigenvalue weighted by Gasteiger charge is 2.39. The van der Waals surface area contributed by atoms with E-state index < -0.39 is 5.54 Å². The fourth-order valence-electron chi connectivity index (χ4n) is 3.37. The molecule has 2 aliphatic rings. The Hall–Kier alpha value is -0.600. The monoisotopic (exact) mass is 398 g/mol. The van der Waals surface area contributed by atoms with Crippen LogP contribution in [0, 0.1) is 0 Å². The number of amides is 2. The van der Waals surface area contributed by atoms with Crippen LogP contribution in [-0.4, -0.2) is 80.1 Å². The number of rotatable bonds is 6. The molecule has 0 aromatic carbocycles. The number of nitrogens with one attached hydrogen (secondary N) is 1. The van der Waals surface area contributed by atoms with Crippen molar-refractivity contribution in [3.63, 3.8) is 0 Å². The first kappa shape index (κ1) is 24.4. The minimum absolute atomic E-state index is 0. The van der Waals surface area contributed by atoms with E-state index in [4.69, 9.17) is 10.5 Å². The van der Waals surface area contributed by atoms with Crippen LogP contribution in [0.15, 0.2) is 0 Å². The van der Waals surface area contributed by atoms with Crippen molar-refractivity contribution in [3.05, 3.63) is 0 Å². The van der Waals surface area contributed by atoms with Crippen molar-refractivity contribution in [3.8, 4) is 0 Å². The molecule has 0 bridgehead atoms. The highest BCUT2D eigenvalue weighted by molar-refractivity contribution is 5.86. The van der Waals surface area contributed by atoms with Crippen LogP contribution in [0.25, 0.3) is 0 Å². The summed E-state index contributed by atoms with van der Waals surface area (Å²) in [5.74, 6) is 0.103. The highest BCUT2D eigenvalue weighted by atomic mass is 35.5. The van der Waals surface area contributed by atoms with Gasteiger partial charge in [-0.2, -0.15) is 0 Å². The molecule has 2 rings (SSSR count). The number of ether oxygens (including phenoxy) is 1. The summed E-state index contributed by atoms with van der Waals surface area (Å²) in [6.45, 7) is 4.18. The number of methoxy groups -OCH3 is 1. The summed E-state index contributed by atoms with van der Waals surface area (Å²) in [6, 6.07) is 0. The fraction of sp³-hybridized carbons (Fsp3) is 0.875. The fourth-order valence-corrected chi connectivity index (χ4v) is 3.37. The van der Waals surface area contributed by atoms with Crippen LogP contribution in [0.5, 0.6) is 0 Å². The first-order valence-corrected chi connectivity index (χ1v) is 8.61. The Morgan fingerprint density at radius 2 is 1.68 bits per heavy atom. The summed E-state index contributed by atoms with van der Waals surface area (Å²) in [7, 11) is 1.61. The van der Waals surface area contributed by atoms with Gasteiger partial charge in [-0.15, -0.1) is 24.8 Å². The highest BCUT2D eigenvalue weighted by Crippen LogP contribution is 2.28. The van der Waals surface area contributed by atoms with Crippen LogP contribution in [0.1, 0.15) is 32.1 Å². The zero-order chi connectivity index (χ0) is 16.7. The summed E-state index contributed by atoms with van der Waals surface area (Å²) in [5.41, 5.74) is 5.68. The summed E-state index contributed by atoms with van der Waals surface area (Å²) in [6.07, 6.45) is 4.87. The molecule has 0 spiro atoms. The van der Waals surface area contributed by atoms with Crippen LogP contribution in [-0.2, 0) is 14.3 Å². The summed E-state index contributed by atoms with van der Waals surface area (Å²) < 4.78 is 4.91. The normalized spacial score (nSPS) is 20.2. The zero-order valence-electron chi connectivity index (χ0n) is 15.0. The molecule has 0 unspecified atom stereocenters. The van der Waals surface area contributed by atoms with Gasteiger partial charge in [0, 0.05) is 39.8 Å². The van der Waals surface area contributed by atoms with Gasteiger partial charge in [0.15, 0.2) is 0 Å². The molecule has 2 fully saturated rings. The van der Waals surface area contributed by atoms with E-state index in [1.165, 1.54) is 6.42 Å². The van der Waals surface area contributed by atoms with Gasteiger partial charge >= 0.3 is 0 Å². The molecule has 1 aliphatic heterocycles. The van der Waals surface area contributed by atoms with Gasteiger partial charge in [-0.1, -0.05) is 19.3 Å². The topological polar surface area (TPSA) is 87.9 Å². The summed E-state index contributed by atoms with van der Waals surface area (Å²) in [5, 5.41) is 2.82. The van der Waals surface area contributed by atoms with Gasteiger partial charge in [0.2, 0.25) is 11.8 Å². The van der Waals surface area contributed by atoms with Gasteiger partial charge in [0.05, 0.1) is 18.7 Å². The first-order valence-electron chi connectivity index (χ1n) is 8.61. The number of hydrogen-bond donors (Lipinski definition) is 2. The van der Waals surface area contributed by atoms with Crippen molar-refractivity contribution in [1.29, 1.82) is 0 Å². The summed E-state index contributed by atoms with van der Waals surface area (Å²) >= 11 is 0. The number of nitrogens with zero attached hydrogens (tertiary/aromatic N) is 2. The van der Waals surface area contributed by atoms with Crippen LogP contribution in [0.4, 0.5) is 0 Å². The molecule has 9 heteroatoms. The number of halogens is 2. The van der Waals surface area contributed by atoms with Crippen molar-refractivity contribution in [2.24, 2.45) is 5.73 Å². The Morgan fingerprint density at radius 3 is 2.24 bits per heavy atom. The van der Waals surface area contributed by atoms with Crippen LogP contribution in [0.3, 0.4) is 0 Å². The van der Waals surface area contributed by atoms with Gasteiger partial charge in [0.1, 0.15) is 0 Å². The third-order valence-corrected chi connectivity index (χ3v) is 4.83. The van der Waals surface area contributed by atoms with Gasteiger partial charge in [0.25, 0.3) is 0 Å². The van der Waals surface area contributed by atoms with Crippen molar-refractivity contribution < 1.29 is 14.3 Å². The third kappa shape index (κ3) is 7.27. The van der Waals surface area contributed by atoms with Crippen LogP contribution >= 0.6 is 24.8 Å². The maximum Gasteiger partial charge on any atom is 0.242 e. The molecule has 25 heavy (non-hydrogen) atoms. The van der Waals surface area contributed by atoms with Crippen molar-refractivity contribution in [1.82, 2.24) is 15.1 Å². The maximum atomic E-state index is 12.7. The standard InChI is InChI=1S/C16H30N4O3.2ClH/c1-23-12-7-18-14(21)13-19-8-10-20(11-9-19)15(22)16(17)5-3-2-4-6-16;;/h2-13,17H2,1H3,(H,18,21);2*1H. The van der Waals surface area contributed by atoms with Crippen LogP contribution in [0.2, 0.25) is 0 Å². The molecule has 0 atom stereocenters. The van der Waals surface area contributed by atoms with Crippen molar-refractivity contribution in [2.45, 2.75) is 37.6 Å². The Morgan fingerprint density at radius 1 is 1.08 bits per heavy atom. The lowest BCUT2D eigenvalue weighted by atomic mass is 9.81. The molecule has 7 nitrogen and oxygen atoms in total. The first-order chi connectivity index (χ1) is 11.0. The Labute approximate surface area is 162 Å². The van der Waals surface area contributed by atoms with E-state index in [-0.39, 0.29) is 36.6 Å². The molecule has 2 amide bonds. The average molecular weight is 399 g/mol. The smallest absolute Gasteiger partial charge is 0.242 e. The largest absolute Gasteiger partial charge is 0.383 e. The minimum atomic E-state index is -0.655. The number of piperazine rings is 1. The Kier molecular flexibility index (Phi) is 11.6. The molecular weight excluding hydrogens is 367 g/mol. The van der Waals surface area contributed by atoms with Crippen molar-refractivity contribution in [2.75, 3.05) is 53.0 Å². The van der Waals surface area contributed by atoms with E-state index in [1.807, 2.05) is 4.90 Å². The molecule has 3 N–H and O–H groups in total. The second kappa shape index (κ2) is 11.9. The van der Waals surface area contributed by atoms with Gasteiger partial charge in [-0.05, 0) is 12.8 Å². The van der Waals surface area contributed by atoms with Gasteiger partial charge < -0.3 is 20.7 Å². The lowest BCUT2D eigenvalue weighted by Gasteiger charge is -2.40. The molecule has 0 aromatic rings. The van der Waals surface area contributed by atoms with Crippen LogP contribution < -0.4 is 11.1 Å². The zero-order valence-corrected chi connectivity index (χ0v) is 16.6. The second-order valence-electron chi connectivity index (χ2n) is 6.63. The lowest BCUT2D eigenvalue weighted by Crippen LogP contribution is -2.60. The second-order valence-corrected chi connectivity index (χ2v) is 6.63. The molecular formula is C16H32Cl2N4O3. The van der Waals surface area contributed by atoms with E-state index in [9.17, 15) is 9.59 Å². The Balaban J connectivity index is 0.00000288. The van der Waals surface area contributed by atoms with E-state index in [0.717, 1.165) is 38.8 Å².